The largest absolute Gasteiger partial charge is 0.488 e. The highest BCUT2D eigenvalue weighted by molar-refractivity contribution is 5.70. The van der Waals surface area contributed by atoms with Crippen LogP contribution in [0, 0.1) is 12.8 Å². The van der Waals surface area contributed by atoms with Gasteiger partial charge < -0.3 is 15.2 Å². The summed E-state index contributed by atoms with van der Waals surface area (Å²) in [4.78, 5) is 11.1. The molecule has 3 rings (SSSR count). The molecule has 4 nitrogen and oxygen atoms in total. The molecule has 1 aliphatic heterocycles. The van der Waals surface area contributed by atoms with Gasteiger partial charge in [0.15, 0.2) is 0 Å². The number of aryl methyl sites for hydroxylation is 1. The van der Waals surface area contributed by atoms with Gasteiger partial charge in [0.1, 0.15) is 11.9 Å². The summed E-state index contributed by atoms with van der Waals surface area (Å²) < 4.78 is 5.95. The number of hydrogen-bond donors (Lipinski definition) is 2. The molecule has 1 fully saturated rings. The molecule has 3 atom stereocenters. The molecule has 1 heterocycles. The maximum Gasteiger partial charge on any atom is 0.306 e. The van der Waals surface area contributed by atoms with Crippen molar-refractivity contribution in [2.75, 3.05) is 6.54 Å². The quantitative estimate of drug-likeness (QED) is 0.894. The fourth-order valence-electron chi connectivity index (χ4n) is 3.46. The number of carboxylic acid groups (broad SMARTS) is 1. The maximum atomic E-state index is 11.1. The summed E-state index contributed by atoms with van der Waals surface area (Å²) in [5.74, 6) is 0.168. The number of nitrogens with one attached hydrogen (secondary N) is 1. The molecular weight excluding hydrogens is 266 g/mol. The molecule has 4 heteroatoms. The van der Waals surface area contributed by atoms with Gasteiger partial charge in [0.2, 0.25) is 0 Å². The number of hydrogen-bond acceptors (Lipinski definition) is 3. The lowest BCUT2D eigenvalue weighted by molar-refractivity contribution is -0.143. The Balaban J connectivity index is 1.50. The third kappa shape index (κ3) is 3.38. The number of benzene rings is 1. The van der Waals surface area contributed by atoms with E-state index in [1.54, 1.807) is 0 Å². The monoisotopic (exact) mass is 289 g/mol. The molecule has 1 aliphatic carbocycles. The maximum absolute atomic E-state index is 11.1. The standard InChI is InChI=1S/C17H23NO3/c1-11-5-6-16-13(7-11)9-15(21-16)10-18-14-4-2-3-12(8-14)17(19)20/h5-7,12,14-15,18H,2-4,8-10H2,1H3,(H,19,20). The summed E-state index contributed by atoms with van der Waals surface area (Å²) in [6.45, 7) is 2.89. The average molecular weight is 289 g/mol. The highest BCUT2D eigenvalue weighted by Crippen LogP contribution is 2.30. The molecule has 0 radical (unpaired) electrons. The smallest absolute Gasteiger partial charge is 0.306 e. The van der Waals surface area contributed by atoms with E-state index in [9.17, 15) is 4.79 Å². The highest BCUT2D eigenvalue weighted by atomic mass is 16.5. The molecule has 0 bridgehead atoms. The van der Waals surface area contributed by atoms with Gasteiger partial charge >= 0.3 is 5.97 Å². The molecular formula is C17H23NO3. The van der Waals surface area contributed by atoms with Crippen LogP contribution >= 0.6 is 0 Å². The molecule has 0 amide bonds. The molecule has 1 aromatic rings. The number of aliphatic carboxylic acids is 1. The molecule has 1 saturated carbocycles. The van der Waals surface area contributed by atoms with Crippen molar-refractivity contribution in [3.05, 3.63) is 29.3 Å². The summed E-state index contributed by atoms with van der Waals surface area (Å²) >= 11 is 0. The zero-order valence-electron chi connectivity index (χ0n) is 12.5. The number of carbonyl (C=O) groups is 1. The van der Waals surface area contributed by atoms with Gasteiger partial charge in [-0.25, -0.2) is 0 Å². The first-order valence-corrected chi connectivity index (χ1v) is 7.84. The Hall–Kier alpha value is -1.55. The van der Waals surface area contributed by atoms with E-state index in [-0.39, 0.29) is 12.0 Å². The lowest BCUT2D eigenvalue weighted by atomic mass is 9.86. The Morgan fingerprint density at radius 2 is 2.29 bits per heavy atom. The molecule has 3 unspecified atom stereocenters. The Labute approximate surface area is 125 Å². The minimum atomic E-state index is -0.651. The van der Waals surface area contributed by atoms with E-state index < -0.39 is 5.97 Å². The molecule has 0 aromatic heterocycles. The molecule has 2 N–H and O–H groups in total. The van der Waals surface area contributed by atoms with Crippen molar-refractivity contribution >= 4 is 5.97 Å². The first-order valence-electron chi connectivity index (χ1n) is 7.84. The van der Waals surface area contributed by atoms with Crippen LogP contribution in [-0.4, -0.2) is 29.8 Å². The SMILES string of the molecule is Cc1ccc2c(c1)CC(CNC1CCCC(C(=O)O)C1)O2. The third-order valence-corrected chi connectivity index (χ3v) is 4.61. The predicted molar refractivity (Wildman–Crippen MR) is 80.7 cm³/mol. The van der Waals surface area contributed by atoms with Crippen LogP contribution in [-0.2, 0) is 11.2 Å². The van der Waals surface area contributed by atoms with E-state index in [2.05, 4.69) is 24.4 Å². The van der Waals surface area contributed by atoms with Crippen molar-refractivity contribution in [2.45, 2.75) is 51.2 Å². The van der Waals surface area contributed by atoms with E-state index >= 15 is 0 Å². The van der Waals surface area contributed by atoms with Crippen molar-refractivity contribution < 1.29 is 14.6 Å². The fourth-order valence-corrected chi connectivity index (χ4v) is 3.46. The van der Waals surface area contributed by atoms with Gasteiger partial charge in [0, 0.05) is 19.0 Å². The van der Waals surface area contributed by atoms with Crippen LogP contribution in [0.15, 0.2) is 18.2 Å². The Kier molecular flexibility index (Phi) is 4.15. The molecule has 0 spiro atoms. The van der Waals surface area contributed by atoms with E-state index in [1.807, 2.05) is 6.07 Å². The normalized spacial score (nSPS) is 28.0. The summed E-state index contributed by atoms with van der Waals surface area (Å²) in [5, 5.41) is 12.6. The van der Waals surface area contributed by atoms with Crippen LogP contribution in [0.2, 0.25) is 0 Å². The molecule has 114 valence electrons. The molecule has 0 saturated heterocycles. The van der Waals surface area contributed by atoms with Crippen molar-refractivity contribution in [1.82, 2.24) is 5.32 Å². The van der Waals surface area contributed by atoms with Gasteiger partial charge in [-0.1, -0.05) is 24.1 Å². The van der Waals surface area contributed by atoms with Gasteiger partial charge in [-0.15, -0.1) is 0 Å². The lowest BCUT2D eigenvalue weighted by Gasteiger charge is -2.28. The predicted octanol–water partition coefficient (Wildman–Crippen LogP) is 2.53. The second-order valence-electron chi connectivity index (χ2n) is 6.36. The third-order valence-electron chi connectivity index (χ3n) is 4.61. The zero-order valence-corrected chi connectivity index (χ0v) is 12.5. The van der Waals surface area contributed by atoms with Crippen LogP contribution in [0.1, 0.15) is 36.8 Å². The number of rotatable bonds is 4. The van der Waals surface area contributed by atoms with E-state index in [0.29, 0.717) is 6.04 Å². The van der Waals surface area contributed by atoms with Gasteiger partial charge in [0.25, 0.3) is 0 Å². The van der Waals surface area contributed by atoms with Gasteiger partial charge in [-0.05, 0) is 37.8 Å². The summed E-state index contributed by atoms with van der Waals surface area (Å²) in [5.41, 5.74) is 2.55. The number of fused-ring (bicyclic) bond motifs is 1. The van der Waals surface area contributed by atoms with Crippen LogP contribution < -0.4 is 10.1 Å². The Bertz CT molecular complexity index is 529. The summed E-state index contributed by atoms with van der Waals surface area (Å²) in [7, 11) is 0. The molecule has 2 aliphatic rings. The van der Waals surface area contributed by atoms with E-state index in [4.69, 9.17) is 9.84 Å². The van der Waals surface area contributed by atoms with Gasteiger partial charge in [-0.3, -0.25) is 4.79 Å². The van der Waals surface area contributed by atoms with Crippen LogP contribution in [0.4, 0.5) is 0 Å². The van der Waals surface area contributed by atoms with Gasteiger partial charge in [0.05, 0.1) is 5.92 Å². The van der Waals surface area contributed by atoms with Crippen LogP contribution in [0.3, 0.4) is 0 Å². The summed E-state index contributed by atoms with van der Waals surface area (Å²) in [6, 6.07) is 6.63. The van der Waals surface area contributed by atoms with E-state index in [0.717, 1.165) is 44.4 Å². The van der Waals surface area contributed by atoms with Crippen molar-refractivity contribution in [3.63, 3.8) is 0 Å². The second-order valence-corrected chi connectivity index (χ2v) is 6.36. The van der Waals surface area contributed by atoms with Gasteiger partial charge in [-0.2, -0.15) is 0 Å². The molecule has 1 aromatic carbocycles. The van der Waals surface area contributed by atoms with E-state index in [1.165, 1.54) is 11.1 Å². The van der Waals surface area contributed by atoms with Crippen LogP contribution in [0.25, 0.3) is 0 Å². The fraction of sp³-hybridized carbons (Fsp3) is 0.588. The summed E-state index contributed by atoms with van der Waals surface area (Å²) in [6.07, 6.45) is 4.75. The Morgan fingerprint density at radius 1 is 1.43 bits per heavy atom. The van der Waals surface area contributed by atoms with Crippen molar-refractivity contribution in [1.29, 1.82) is 0 Å². The van der Waals surface area contributed by atoms with Crippen molar-refractivity contribution in [3.8, 4) is 5.75 Å². The minimum absolute atomic E-state index is 0.173. The van der Waals surface area contributed by atoms with Crippen molar-refractivity contribution in [2.24, 2.45) is 5.92 Å². The second kappa shape index (κ2) is 6.06. The zero-order chi connectivity index (χ0) is 14.8. The highest BCUT2D eigenvalue weighted by Gasteiger charge is 2.28. The average Bonchev–Trinajstić information content (AvgIpc) is 2.87. The first-order chi connectivity index (χ1) is 10.1. The van der Waals surface area contributed by atoms with Crippen LogP contribution in [0.5, 0.6) is 5.75 Å². The number of carboxylic acids is 1. The number of ether oxygens (including phenoxy) is 1. The minimum Gasteiger partial charge on any atom is -0.488 e. The Morgan fingerprint density at radius 3 is 3.10 bits per heavy atom. The lowest BCUT2D eigenvalue weighted by Crippen LogP contribution is -2.41. The molecule has 21 heavy (non-hydrogen) atoms. The first kappa shape index (κ1) is 14.4. The topological polar surface area (TPSA) is 58.6 Å².